The van der Waals surface area contributed by atoms with E-state index < -0.39 is 5.97 Å². The second kappa shape index (κ2) is 7.59. The van der Waals surface area contributed by atoms with E-state index in [9.17, 15) is 9.59 Å². The molecule has 1 aromatic carbocycles. The average Bonchev–Trinajstić information content (AvgIpc) is 2.94. The third-order valence-electron chi connectivity index (χ3n) is 2.98. The van der Waals surface area contributed by atoms with Crippen molar-refractivity contribution >= 4 is 24.2 Å². The van der Waals surface area contributed by atoms with Crippen LogP contribution in [-0.4, -0.2) is 27.9 Å². The van der Waals surface area contributed by atoms with Crippen molar-refractivity contribution in [2.75, 3.05) is 6.61 Å². The number of aromatic nitrogens is 2. The lowest BCUT2D eigenvalue weighted by Crippen LogP contribution is -2.17. The van der Waals surface area contributed by atoms with Gasteiger partial charge in [0, 0.05) is 0 Å². The fourth-order valence-electron chi connectivity index (χ4n) is 1.90. The number of rotatable bonds is 5. The van der Waals surface area contributed by atoms with E-state index in [4.69, 9.17) is 4.74 Å². The van der Waals surface area contributed by atoms with Gasteiger partial charge in [-0.25, -0.2) is 9.78 Å². The van der Waals surface area contributed by atoms with Gasteiger partial charge in [0.05, 0.1) is 18.6 Å². The van der Waals surface area contributed by atoms with E-state index in [2.05, 4.69) is 4.98 Å². The van der Waals surface area contributed by atoms with Crippen LogP contribution in [0.25, 0.3) is 0 Å². The van der Waals surface area contributed by atoms with E-state index in [0.29, 0.717) is 5.69 Å². The molecule has 2 rings (SSSR count). The average molecular weight is 309 g/mol. The van der Waals surface area contributed by atoms with E-state index >= 15 is 0 Å². The lowest BCUT2D eigenvalue weighted by atomic mass is 10.1. The number of Topliss-reactive ketones (excluding diaryl/α,β-unsaturated/α-hetero) is 1. The summed E-state index contributed by atoms with van der Waals surface area (Å²) in [6.07, 6.45) is 3.03. The highest BCUT2D eigenvalue weighted by Gasteiger charge is 2.18. The molecule has 0 aliphatic heterocycles. The zero-order chi connectivity index (χ0) is 14.5. The van der Waals surface area contributed by atoms with Crippen LogP contribution in [0.4, 0.5) is 0 Å². The van der Waals surface area contributed by atoms with E-state index in [1.165, 1.54) is 13.1 Å². The molecule has 0 saturated carbocycles. The Bertz CT molecular complexity index is 610. The molecule has 1 aromatic heterocycles. The summed E-state index contributed by atoms with van der Waals surface area (Å²) >= 11 is 0. The molecule has 0 amide bonds. The van der Waals surface area contributed by atoms with Crippen LogP contribution in [0.3, 0.4) is 0 Å². The Balaban J connectivity index is 0.00000220. The summed E-state index contributed by atoms with van der Waals surface area (Å²) in [5.41, 5.74) is 1.40. The molecular formula is C15H17ClN2O3. The Morgan fingerprint density at radius 2 is 1.95 bits per heavy atom. The molecule has 6 heteroatoms. The monoisotopic (exact) mass is 308 g/mol. The molecule has 1 atom stereocenters. The first kappa shape index (κ1) is 16.9. The molecule has 112 valence electrons. The van der Waals surface area contributed by atoms with Gasteiger partial charge in [0.15, 0.2) is 5.78 Å². The lowest BCUT2D eigenvalue weighted by molar-refractivity contribution is -0.120. The van der Waals surface area contributed by atoms with E-state index in [-0.39, 0.29) is 30.8 Å². The molecule has 1 heterocycles. The van der Waals surface area contributed by atoms with Crippen molar-refractivity contribution in [2.24, 2.45) is 0 Å². The summed E-state index contributed by atoms with van der Waals surface area (Å²) < 4.78 is 6.66. The maximum Gasteiger partial charge on any atom is 0.357 e. The van der Waals surface area contributed by atoms with E-state index in [0.717, 1.165) is 5.56 Å². The molecule has 0 spiro atoms. The first-order chi connectivity index (χ1) is 9.59. The third kappa shape index (κ3) is 4.16. The number of ether oxygens (including phenoxy) is 1. The number of carbonyl (C=O) groups excluding carboxylic acids is 2. The van der Waals surface area contributed by atoms with Crippen molar-refractivity contribution in [3.05, 3.63) is 54.1 Å². The predicted octanol–water partition coefficient (Wildman–Crippen LogP) is 2.66. The minimum absolute atomic E-state index is 0. The SMILES string of the molecule is CC(=O)COC(=O)c1cncn1C(C)c1ccccc1.Cl. The quantitative estimate of drug-likeness (QED) is 0.797. The molecule has 0 aliphatic carbocycles. The summed E-state index contributed by atoms with van der Waals surface area (Å²) in [6, 6.07) is 9.74. The molecular weight excluding hydrogens is 292 g/mol. The number of halogens is 1. The van der Waals surface area contributed by atoms with Crippen LogP contribution in [0, 0.1) is 0 Å². The van der Waals surface area contributed by atoms with Crippen LogP contribution in [0.15, 0.2) is 42.9 Å². The predicted molar refractivity (Wildman–Crippen MR) is 80.7 cm³/mol. The van der Waals surface area contributed by atoms with Gasteiger partial charge in [0.2, 0.25) is 0 Å². The normalized spacial score (nSPS) is 11.3. The number of ketones is 1. The minimum atomic E-state index is -0.541. The van der Waals surface area contributed by atoms with Gasteiger partial charge < -0.3 is 9.30 Å². The first-order valence-corrected chi connectivity index (χ1v) is 6.33. The summed E-state index contributed by atoms with van der Waals surface area (Å²) in [7, 11) is 0. The molecule has 0 saturated heterocycles. The van der Waals surface area contributed by atoms with Crippen molar-refractivity contribution in [3.8, 4) is 0 Å². The van der Waals surface area contributed by atoms with Gasteiger partial charge in [0.1, 0.15) is 12.3 Å². The largest absolute Gasteiger partial charge is 0.453 e. The number of benzene rings is 1. The number of esters is 1. The van der Waals surface area contributed by atoms with Crippen LogP contribution in [0.1, 0.15) is 35.9 Å². The standard InChI is InChI=1S/C15H16N2O3.ClH/c1-11(18)9-20-15(19)14-8-16-10-17(14)12(2)13-6-4-3-5-7-13;/h3-8,10,12H,9H2,1-2H3;1H. The van der Waals surface area contributed by atoms with Crippen LogP contribution >= 0.6 is 12.4 Å². The second-order valence-corrected chi connectivity index (χ2v) is 4.55. The fraction of sp³-hybridized carbons (Fsp3) is 0.267. The summed E-state index contributed by atoms with van der Waals surface area (Å²) in [5, 5.41) is 0. The van der Waals surface area contributed by atoms with Gasteiger partial charge in [-0.2, -0.15) is 0 Å². The van der Waals surface area contributed by atoms with Crippen LogP contribution in [-0.2, 0) is 9.53 Å². The topological polar surface area (TPSA) is 61.2 Å². The number of carbonyl (C=O) groups is 2. The Morgan fingerprint density at radius 3 is 2.57 bits per heavy atom. The van der Waals surface area contributed by atoms with Gasteiger partial charge in [-0.05, 0) is 19.4 Å². The number of nitrogens with zero attached hydrogens (tertiary/aromatic N) is 2. The Kier molecular flexibility index (Phi) is 6.11. The van der Waals surface area contributed by atoms with E-state index in [1.54, 1.807) is 10.9 Å². The zero-order valence-corrected chi connectivity index (χ0v) is 12.7. The van der Waals surface area contributed by atoms with Gasteiger partial charge in [-0.1, -0.05) is 30.3 Å². The second-order valence-electron chi connectivity index (χ2n) is 4.55. The fourth-order valence-corrected chi connectivity index (χ4v) is 1.90. The Morgan fingerprint density at radius 1 is 1.29 bits per heavy atom. The van der Waals surface area contributed by atoms with Gasteiger partial charge in [0.25, 0.3) is 0 Å². The minimum Gasteiger partial charge on any atom is -0.453 e. The molecule has 21 heavy (non-hydrogen) atoms. The molecule has 0 N–H and O–H groups in total. The Hall–Kier alpha value is -2.14. The third-order valence-corrected chi connectivity index (χ3v) is 2.98. The molecule has 0 radical (unpaired) electrons. The summed E-state index contributed by atoms with van der Waals surface area (Å²) in [5.74, 6) is -0.735. The van der Waals surface area contributed by atoms with Crippen molar-refractivity contribution in [1.82, 2.24) is 9.55 Å². The van der Waals surface area contributed by atoms with Crippen molar-refractivity contribution < 1.29 is 14.3 Å². The highest BCUT2D eigenvalue weighted by atomic mass is 35.5. The van der Waals surface area contributed by atoms with Crippen LogP contribution in [0.2, 0.25) is 0 Å². The smallest absolute Gasteiger partial charge is 0.357 e. The number of imidazole rings is 1. The highest BCUT2D eigenvalue weighted by molar-refractivity contribution is 5.89. The maximum absolute atomic E-state index is 11.9. The van der Waals surface area contributed by atoms with E-state index in [1.807, 2.05) is 37.3 Å². The zero-order valence-electron chi connectivity index (χ0n) is 11.9. The molecule has 0 fully saturated rings. The molecule has 5 nitrogen and oxygen atoms in total. The summed E-state index contributed by atoms with van der Waals surface area (Å²) in [4.78, 5) is 26.8. The van der Waals surface area contributed by atoms with Gasteiger partial charge in [-0.15, -0.1) is 12.4 Å². The van der Waals surface area contributed by atoms with Crippen molar-refractivity contribution in [3.63, 3.8) is 0 Å². The molecule has 2 aromatic rings. The van der Waals surface area contributed by atoms with Gasteiger partial charge >= 0.3 is 5.97 Å². The Labute approximate surface area is 129 Å². The maximum atomic E-state index is 11.9. The lowest BCUT2D eigenvalue weighted by Gasteiger charge is -2.16. The number of hydrogen-bond acceptors (Lipinski definition) is 4. The van der Waals surface area contributed by atoms with Crippen LogP contribution < -0.4 is 0 Å². The molecule has 0 aliphatic rings. The van der Waals surface area contributed by atoms with Crippen molar-refractivity contribution in [1.29, 1.82) is 0 Å². The highest BCUT2D eigenvalue weighted by Crippen LogP contribution is 2.19. The molecule has 1 unspecified atom stereocenters. The molecule has 0 bridgehead atoms. The van der Waals surface area contributed by atoms with Crippen molar-refractivity contribution in [2.45, 2.75) is 19.9 Å². The first-order valence-electron chi connectivity index (χ1n) is 6.33. The summed E-state index contributed by atoms with van der Waals surface area (Å²) in [6.45, 7) is 3.12. The van der Waals surface area contributed by atoms with Crippen LogP contribution in [0.5, 0.6) is 0 Å². The van der Waals surface area contributed by atoms with Gasteiger partial charge in [-0.3, -0.25) is 4.79 Å². The number of hydrogen-bond donors (Lipinski definition) is 0.